The Balaban J connectivity index is 1.65. The summed E-state index contributed by atoms with van der Waals surface area (Å²) in [5.41, 5.74) is 0.823. The van der Waals surface area contributed by atoms with E-state index >= 15 is 0 Å². The van der Waals surface area contributed by atoms with Gasteiger partial charge in [-0.3, -0.25) is 4.98 Å². The second-order valence-corrected chi connectivity index (χ2v) is 4.70. The minimum Gasteiger partial charge on any atom is -0.390 e. The Kier molecular flexibility index (Phi) is 3.52. The van der Waals surface area contributed by atoms with Crippen molar-refractivity contribution in [2.75, 3.05) is 25.1 Å². The van der Waals surface area contributed by atoms with Crippen LogP contribution in [0.5, 0.6) is 0 Å². The second-order valence-electron chi connectivity index (χ2n) is 4.70. The Bertz CT molecular complexity index is 558. The van der Waals surface area contributed by atoms with Gasteiger partial charge in [0, 0.05) is 24.0 Å². The average molecular weight is 260 g/mol. The third-order valence-corrected chi connectivity index (χ3v) is 3.41. The molecule has 0 unspecified atom stereocenters. The number of hydrogen-bond acceptors (Lipinski definition) is 6. The van der Waals surface area contributed by atoms with Crippen LogP contribution < -0.4 is 5.32 Å². The van der Waals surface area contributed by atoms with Crippen molar-refractivity contribution in [1.29, 1.82) is 0 Å². The monoisotopic (exact) mass is 260 g/mol. The first-order valence-corrected chi connectivity index (χ1v) is 6.39. The summed E-state index contributed by atoms with van der Waals surface area (Å²) in [5.74, 6) is 1.02. The number of nitrogens with zero attached hydrogens (tertiary/aromatic N) is 3. The van der Waals surface area contributed by atoms with Crippen LogP contribution in [-0.4, -0.2) is 45.9 Å². The van der Waals surface area contributed by atoms with Crippen molar-refractivity contribution in [2.24, 2.45) is 5.92 Å². The highest BCUT2D eigenvalue weighted by molar-refractivity contribution is 5.87. The number of ether oxygens (including phenoxy) is 1. The third-order valence-electron chi connectivity index (χ3n) is 3.41. The van der Waals surface area contributed by atoms with Gasteiger partial charge >= 0.3 is 0 Å². The Morgan fingerprint density at radius 1 is 1.37 bits per heavy atom. The fourth-order valence-corrected chi connectivity index (χ4v) is 2.29. The predicted octanol–water partition coefficient (Wildman–Crippen LogP) is 0.834. The van der Waals surface area contributed by atoms with Crippen molar-refractivity contribution in [3.8, 4) is 0 Å². The number of aromatic nitrogens is 3. The normalized spacial score (nSPS) is 22.8. The van der Waals surface area contributed by atoms with E-state index in [0.29, 0.717) is 13.2 Å². The quantitative estimate of drug-likeness (QED) is 0.847. The van der Waals surface area contributed by atoms with Crippen LogP contribution in [-0.2, 0) is 4.74 Å². The van der Waals surface area contributed by atoms with Gasteiger partial charge in [-0.2, -0.15) is 0 Å². The van der Waals surface area contributed by atoms with Crippen molar-refractivity contribution < 1.29 is 9.84 Å². The van der Waals surface area contributed by atoms with Crippen molar-refractivity contribution in [3.05, 3.63) is 24.8 Å². The zero-order valence-electron chi connectivity index (χ0n) is 10.5. The largest absolute Gasteiger partial charge is 0.390 e. The smallest absolute Gasteiger partial charge is 0.137 e. The van der Waals surface area contributed by atoms with Crippen molar-refractivity contribution >= 4 is 16.7 Å². The minimum absolute atomic E-state index is 0.210. The van der Waals surface area contributed by atoms with Crippen molar-refractivity contribution in [3.63, 3.8) is 0 Å². The zero-order chi connectivity index (χ0) is 13.1. The molecule has 0 aromatic carbocycles. The molecular formula is C13H16N4O2. The lowest BCUT2D eigenvalue weighted by Crippen LogP contribution is -2.20. The first-order valence-electron chi connectivity index (χ1n) is 6.39. The summed E-state index contributed by atoms with van der Waals surface area (Å²) in [6.45, 7) is 1.84. The molecule has 3 heterocycles. The van der Waals surface area contributed by atoms with Gasteiger partial charge in [-0.15, -0.1) is 0 Å². The first-order chi connectivity index (χ1) is 9.34. The molecule has 6 heteroatoms. The van der Waals surface area contributed by atoms with Gasteiger partial charge in [0.05, 0.1) is 31.0 Å². The Labute approximate surface area is 110 Å². The van der Waals surface area contributed by atoms with Crippen molar-refractivity contribution in [1.82, 2.24) is 15.0 Å². The van der Waals surface area contributed by atoms with E-state index < -0.39 is 0 Å². The van der Waals surface area contributed by atoms with E-state index in [1.165, 1.54) is 6.33 Å². The molecule has 2 N–H and O–H groups in total. The van der Waals surface area contributed by atoms with E-state index in [0.717, 1.165) is 29.7 Å². The second kappa shape index (κ2) is 5.46. The van der Waals surface area contributed by atoms with Crippen LogP contribution in [0.4, 0.5) is 5.82 Å². The molecule has 1 fully saturated rings. The van der Waals surface area contributed by atoms with Gasteiger partial charge in [0.25, 0.3) is 0 Å². The molecular weight excluding hydrogens is 244 g/mol. The molecule has 0 amide bonds. The molecule has 3 rings (SSSR count). The molecule has 1 aliphatic heterocycles. The lowest BCUT2D eigenvalue weighted by molar-refractivity contribution is 0.117. The first kappa shape index (κ1) is 12.3. The highest BCUT2D eigenvalue weighted by atomic mass is 16.5. The van der Waals surface area contributed by atoms with Gasteiger partial charge in [-0.25, -0.2) is 9.97 Å². The number of nitrogens with one attached hydrogen (secondary N) is 1. The highest BCUT2D eigenvalue weighted by Gasteiger charge is 2.25. The maximum atomic E-state index is 9.67. The van der Waals surface area contributed by atoms with E-state index in [2.05, 4.69) is 20.3 Å². The van der Waals surface area contributed by atoms with Crippen LogP contribution in [0.2, 0.25) is 0 Å². The van der Waals surface area contributed by atoms with Crippen LogP contribution in [0, 0.1) is 5.92 Å². The third kappa shape index (κ3) is 2.64. The molecule has 2 aromatic rings. The lowest BCUT2D eigenvalue weighted by Gasteiger charge is -2.13. The zero-order valence-corrected chi connectivity index (χ0v) is 10.5. The number of fused-ring (bicyclic) bond motifs is 1. The van der Waals surface area contributed by atoms with Crippen LogP contribution in [0.15, 0.2) is 24.8 Å². The molecule has 0 spiro atoms. The summed E-state index contributed by atoms with van der Waals surface area (Å²) in [6.07, 6.45) is 5.49. The summed E-state index contributed by atoms with van der Waals surface area (Å²) in [5, 5.41) is 13.9. The molecule has 0 radical (unpaired) electrons. The summed E-state index contributed by atoms with van der Waals surface area (Å²) in [4.78, 5) is 12.5. The Hall–Kier alpha value is -1.79. The van der Waals surface area contributed by atoms with Gasteiger partial charge in [0.15, 0.2) is 0 Å². The van der Waals surface area contributed by atoms with E-state index in [1.54, 1.807) is 12.4 Å². The predicted molar refractivity (Wildman–Crippen MR) is 70.8 cm³/mol. The topological polar surface area (TPSA) is 80.2 Å². The molecule has 2 atom stereocenters. The standard InChI is InChI=1S/C13H16N4O2/c18-12-7-19-6-9(12)1-4-15-13-10-2-3-14-5-11(10)16-8-17-13/h2-3,5,8-9,12,18H,1,4,6-7H2,(H,15,16,17)/t9-,12-/m1/s1. The lowest BCUT2D eigenvalue weighted by atomic mass is 10.0. The maximum absolute atomic E-state index is 9.67. The molecule has 6 nitrogen and oxygen atoms in total. The molecule has 1 aliphatic rings. The van der Waals surface area contributed by atoms with E-state index in [-0.39, 0.29) is 12.0 Å². The SMILES string of the molecule is O[C@@H]1COC[C@H]1CCNc1ncnc2cnccc12. The fraction of sp³-hybridized carbons (Fsp3) is 0.462. The van der Waals surface area contributed by atoms with Crippen LogP contribution in [0.1, 0.15) is 6.42 Å². The average Bonchev–Trinajstić information content (AvgIpc) is 2.85. The summed E-state index contributed by atoms with van der Waals surface area (Å²) < 4.78 is 5.23. The maximum Gasteiger partial charge on any atom is 0.137 e. The summed E-state index contributed by atoms with van der Waals surface area (Å²) in [6, 6.07) is 1.89. The summed E-state index contributed by atoms with van der Waals surface area (Å²) in [7, 11) is 0. The van der Waals surface area contributed by atoms with Crippen LogP contribution in [0.25, 0.3) is 10.9 Å². The highest BCUT2D eigenvalue weighted by Crippen LogP contribution is 2.20. The fourth-order valence-electron chi connectivity index (χ4n) is 2.29. The molecule has 0 aliphatic carbocycles. The van der Waals surface area contributed by atoms with E-state index in [4.69, 9.17) is 4.74 Å². The molecule has 0 bridgehead atoms. The van der Waals surface area contributed by atoms with Crippen LogP contribution >= 0.6 is 0 Å². The number of aliphatic hydroxyl groups is 1. The van der Waals surface area contributed by atoms with Gasteiger partial charge < -0.3 is 15.2 Å². The minimum atomic E-state index is -0.340. The Morgan fingerprint density at radius 2 is 2.32 bits per heavy atom. The van der Waals surface area contributed by atoms with Gasteiger partial charge in [0.2, 0.25) is 0 Å². The number of rotatable bonds is 4. The number of pyridine rings is 1. The molecule has 100 valence electrons. The summed E-state index contributed by atoms with van der Waals surface area (Å²) >= 11 is 0. The molecule has 1 saturated heterocycles. The molecule has 2 aromatic heterocycles. The number of aliphatic hydroxyl groups excluding tert-OH is 1. The van der Waals surface area contributed by atoms with Gasteiger partial charge in [0.1, 0.15) is 12.1 Å². The van der Waals surface area contributed by atoms with Gasteiger partial charge in [-0.1, -0.05) is 0 Å². The Morgan fingerprint density at radius 3 is 3.16 bits per heavy atom. The van der Waals surface area contributed by atoms with E-state index in [1.807, 2.05) is 6.07 Å². The van der Waals surface area contributed by atoms with Crippen molar-refractivity contribution in [2.45, 2.75) is 12.5 Å². The number of anilines is 1. The van der Waals surface area contributed by atoms with E-state index in [9.17, 15) is 5.11 Å². The number of hydrogen-bond donors (Lipinski definition) is 2. The van der Waals surface area contributed by atoms with Crippen LogP contribution in [0.3, 0.4) is 0 Å². The molecule has 0 saturated carbocycles. The van der Waals surface area contributed by atoms with Gasteiger partial charge in [-0.05, 0) is 12.5 Å². The molecule has 19 heavy (non-hydrogen) atoms.